The van der Waals surface area contributed by atoms with E-state index in [0.29, 0.717) is 42.3 Å². The van der Waals surface area contributed by atoms with Crippen molar-refractivity contribution in [2.45, 2.75) is 58.9 Å². The van der Waals surface area contributed by atoms with Gasteiger partial charge in [0.1, 0.15) is 5.75 Å². The molecule has 8 nitrogen and oxygen atoms in total. The Morgan fingerprint density at radius 3 is 2.57 bits per heavy atom. The molecule has 0 spiro atoms. The molecule has 0 radical (unpaired) electrons. The number of ether oxygens (including phenoxy) is 1. The van der Waals surface area contributed by atoms with Gasteiger partial charge in [-0.25, -0.2) is 9.67 Å². The van der Waals surface area contributed by atoms with Crippen LogP contribution in [0.25, 0.3) is 16.4 Å². The molecule has 0 aliphatic carbocycles. The lowest BCUT2D eigenvalue weighted by atomic mass is 10.0. The molecule has 1 fully saturated rings. The van der Waals surface area contributed by atoms with E-state index in [1.54, 1.807) is 18.0 Å². The normalized spacial score (nSPS) is 15.2. The number of carbonyl (C=O) groups excluding carboxylic acids is 2. The Balaban J connectivity index is 1.26. The first-order valence-corrected chi connectivity index (χ1v) is 15.7. The van der Waals surface area contributed by atoms with E-state index in [-0.39, 0.29) is 17.9 Å². The summed E-state index contributed by atoms with van der Waals surface area (Å²) in [6.45, 7) is 7.69. The van der Waals surface area contributed by atoms with Crippen molar-refractivity contribution in [3.8, 4) is 22.1 Å². The predicted octanol–water partition coefficient (Wildman–Crippen LogP) is 6.29. The summed E-state index contributed by atoms with van der Waals surface area (Å²) in [6, 6.07) is 15.7. The van der Waals surface area contributed by atoms with Crippen molar-refractivity contribution in [1.29, 1.82) is 0 Å². The van der Waals surface area contributed by atoms with Crippen molar-refractivity contribution in [2.24, 2.45) is 0 Å². The van der Waals surface area contributed by atoms with Crippen LogP contribution in [-0.4, -0.2) is 69.2 Å². The molecule has 1 saturated heterocycles. The number of unbranched alkanes of at least 4 members (excludes halogenated alkanes) is 2. The quantitative estimate of drug-likeness (QED) is 0.205. The van der Waals surface area contributed by atoms with Gasteiger partial charge in [-0.15, -0.1) is 11.3 Å². The fraction of sp³-hybridized carbons (Fsp3) is 0.394. The highest BCUT2D eigenvalue weighted by atomic mass is 32.1. The fourth-order valence-corrected chi connectivity index (χ4v) is 6.32. The number of amides is 2. The lowest BCUT2D eigenvalue weighted by molar-refractivity contribution is 0.0414. The number of hydrogen-bond acceptors (Lipinski definition) is 6. The highest BCUT2D eigenvalue weighted by molar-refractivity contribution is 7.12. The molecular formula is C33H39N5O3S. The van der Waals surface area contributed by atoms with Crippen molar-refractivity contribution in [2.75, 3.05) is 26.7 Å². The maximum Gasteiger partial charge on any atom is 0.257 e. The molecule has 3 heterocycles. The maximum atomic E-state index is 13.7. The molecule has 4 aromatic rings. The van der Waals surface area contributed by atoms with E-state index in [9.17, 15) is 9.59 Å². The Morgan fingerprint density at radius 2 is 1.86 bits per heavy atom. The second-order valence-corrected chi connectivity index (χ2v) is 11.6. The minimum absolute atomic E-state index is 0.0207. The number of rotatable bonds is 10. The number of benzene rings is 2. The average molecular weight is 586 g/mol. The lowest BCUT2D eigenvalue weighted by Gasteiger charge is -2.40. The summed E-state index contributed by atoms with van der Waals surface area (Å²) in [7, 11) is 1.65. The summed E-state index contributed by atoms with van der Waals surface area (Å²) in [6.07, 6.45) is 6.92. The Labute approximate surface area is 251 Å². The van der Waals surface area contributed by atoms with Gasteiger partial charge < -0.3 is 14.5 Å². The van der Waals surface area contributed by atoms with Gasteiger partial charge in [0.25, 0.3) is 11.8 Å². The summed E-state index contributed by atoms with van der Waals surface area (Å²) >= 11 is 1.49. The van der Waals surface area contributed by atoms with Crippen LogP contribution in [0.5, 0.6) is 5.75 Å². The Bertz CT molecular complexity index is 1530. The minimum atomic E-state index is -0.0936. The van der Waals surface area contributed by atoms with E-state index >= 15 is 0 Å². The number of aromatic nitrogens is 3. The Hall–Kier alpha value is -3.98. The van der Waals surface area contributed by atoms with Crippen molar-refractivity contribution in [1.82, 2.24) is 24.6 Å². The largest absolute Gasteiger partial charge is 0.497 e. The molecule has 9 heteroatoms. The molecule has 0 saturated carbocycles. The molecule has 2 aromatic heterocycles. The van der Waals surface area contributed by atoms with Gasteiger partial charge in [0.15, 0.2) is 0 Å². The third-order valence-electron chi connectivity index (χ3n) is 7.92. The molecule has 1 unspecified atom stereocenters. The van der Waals surface area contributed by atoms with Crippen LogP contribution < -0.4 is 4.74 Å². The number of thiazole rings is 1. The van der Waals surface area contributed by atoms with Crippen LogP contribution in [0.1, 0.15) is 72.0 Å². The van der Waals surface area contributed by atoms with Crippen LogP contribution in [0.2, 0.25) is 0 Å². The smallest absolute Gasteiger partial charge is 0.257 e. The van der Waals surface area contributed by atoms with Crippen LogP contribution in [-0.2, 0) is 12.8 Å². The van der Waals surface area contributed by atoms with Crippen molar-refractivity contribution < 1.29 is 14.3 Å². The van der Waals surface area contributed by atoms with Gasteiger partial charge in [0, 0.05) is 42.2 Å². The first-order valence-electron chi connectivity index (χ1n) is 14.8. The Morgan fingerprint density at radius 1 is 1.05 bits per heavy atom. The molecule has 42 heavy (non-hydrogen) atoms. The van der Waals surface area contributed by atoms with Gasteiger partial charge in [-0.05, 0) is 56.0 Å². The third kappa shape index (κ3) is 6.26. The van der Waals surface area contributed by atoms with Gasteiger partial charge >= 0.3 is 0 Å². The van der Waals surface area contributed by atoms with Gasteiger partial charge in [0.2, 0.25) is 5.13 Å². The molecule has 2 aromatic carbocycles. The summed E-state index contributed by atoms with van der Waals surface area (Å²) < 4.78 is 7.13. The van der Waals surface area contributed by atoms with Crippen LogP contribution in [0, 0.1) is 0 Å². The summed E-state index contributed by atoms with van der Waals surface area (Å²) in [5, 5.41) is 7.28. The number of aryl methyl sites for hydroxylation is 1. The fourth-order valence-electron chi connectivity index (χ4n) is 5.51. The van der Waals surface area contributed by atoms with E-state index in [4.69, 9.17) is 9.72 Å². The maximum absolute atomic E-state index is 13.7. The SMILES string of the molecule is CCCCCc1ccc(C(=O)N2CCN(C(=O)c3cnn(-c4nc(-c5cccc(OC)c5)cs4)c3CC)CC2C)cc1. The van der Waals surface area contributed by atoms with E-state index in [1.165, 1.54) is 36.2 Å². The molecule has 1 atom stereocenters. The van der Waals surface area contributed by atoms with E-state index < -0.39 is 0 Å². The Kier molecular flexibility index (Phi) is 9.37. The standard InChI is InChI=1S/C33H39N5O3S/c1-5-7-8-10-24-13-15-25(16-14-24)31(39)37-18-17-36(21-23(37)3)32(40)28-20-34-38(30(28)6-2)33-35-29(22-42-33)26-11-9-12-27(19-26)41-4/h9,11-16,19-20,22-23H,5-8,10,17-18,21H2,1-4H3. The third-order valence-corrected chi connectivity index (χ3v) is 8.73. The highest BCUT2D eigenvalue weighted by Gasteiger charge is 2.32. The van der Waals surface area contributed by atoms with Crippen LogP contribution in [0.15, 0.2) is 60.1 Å². The number of piperazine rings is 1. The number of carbonyl (C=O) groups is 2. The molecule has 0 N–H and O–H groups in total. The molecule has 1 aliphatic heterocycles. The zero-order chi connectivity index (χ0) is 29.6. The second-order valence-electron chi connectivity index (χ2n) is 10.8. The van der Waals surface area contributed by atoms with Crippen LogP contribution in [0.4, 0.5) is 0 Å². The van der Waals surface area contributed by atoms with Crippen LogP contribution in [0.3, 0.4) is 0 Å². The molecule has 1 aliphatic rings. The predicted molar refractivity (Wildman–Crippen MR) is 167 cm³/mol. The first kappa shape index (κ1) is 29.5. The summed E-state index contributed by atoms with van der Waals surface area (Å²) in [4.78, 5) is 35.6. The number of nitrogens with zero attached hydrogens (tertiary/aromatic N) is 5. The summed E-state index contributed by atoms with van der Waals surface area (Å²) in [5.74, 6) is 0.737. The first-order chi connectivity index (χ1) is 20.4. The zero-order valence-electron chi connectivity index (χ0n) is 24.9. The van der Waals surface area contributed by atoms with E-state index in [0.717, 1.165) is 29.1 Å². The van der Waals surface area contributed by atoms with Crippen molar-refractivity contribution in [3.63, 3.8) is 0 Å². The molecule has 0 bridgehead atoms. The van der Waals surface area contributed by atoms with Crippen molar-refractivity contribution >= 4 is 23.2 Å². The number of hydrogen-bond donors (Lipinski definition) is 0. The minimum Gasteiger partial charge on any atom is -0.497 e. The topological polar surface area (TPSA) is 80.6 Å². The molecule has 5 rings (SSSR count). The average Bonchev–Trinajstić information content (AvgIpc) is 3.68. The van der Waals surface area contributed by atoms with Gasteiger partial charge in [-0.2, -0.15) is 5.10 Å². The zero-order valence-corrected chi connectivity index (χ0v) is 25.7. The van der Waals surface area contributed by atoms with Crippen LogP contribution >= 0.6 is 11.3 Å². The lowest BCUT2D eigenvalue weighted by Crippen LogP contribution is -2.55. The summed E-state index contributed by atoms with van der Waals surface area (Å²) in [5.41, 5.74) is 5.18. The highest BCUT2D eigenvalue weighted by Crippen LogP contribution is 2.28. The molecular weight excluding hydrogens is 546 g/mol. The van der Waals surface area contributed by atoms with E-state index in [2.05, 4.69) is 24.2 Å². The molecule has 2 amide bonds. The van der Waals surface area contributed by atoms with Gasteiger partial charge in [-0.3, -0.25) is 9.59 Å². The van der Waals surface area contributed by atoms with Gasteiger partial charge in [-0.1, -0.05) is 51.0 Å². The monoisotopic (exact) mass is 585 g/mol. The second kappa shape index (κ2) is 13.3. The van der Waals surface area contributed by atoms with E-state index in [1.807, 2.05) is 65.4 Å². The van der Waals surface area contributed by atoms with Crippen molar-refractivity contribution in [3.05, 3.63) is 82.5 Å². The van der Waals surface area contributed by atoms with Gasteiger partial charge in [0.05, 0.1) is 30.3 Å². The number of methoxy groups -OCH3 is 1. The molecule has 220 valence electrons.